The van der Waals surface area contributed by atoms with Gasteiger partial charge in [0.15, 0.2) is 17.4 Å². The van der Waals surface area contributed by atoms with Crippen LogP contribution in [0.1, 0.15) is 31.2 Å². The van der Waals surface area contributed by atoms with Crippen LogP contribution in [-0.4, -0.2) is 23.8 Å². The lowest BCUT2D eigenvalue weighted by Crippen LogP contribution is -1.99. The van der Waals surface area contributed by atoms with Gasteiger partial charge < -0.3 is 4.74 Å². The van der Waals surface area contributed by atoms with Gasteiger partial charge in [-0.25, -0.2) is 18.6 Å². The molecule has 0 aliphatic heterocycles. The Balaban J connectivity index is 1.93. The molecule has 0 saturated carbocycles. The van der Waals surface area contributed by atoms with E-state index < -0.39 is 23.4 Å². The number of allylic oxidation sites excluding steroid dienone is 1. The van der Waals surface area contributed by atoms with E-state index in [1.807, 2.05) is 0 Å². The highest BCUT2D eigenvalue weighted by molar-refractivity contribution is 7.20. The van der Waals surface area contributed by atoms with E-state index in [1.54, 1.807) is 13.0 Å². The van der Waals surface area contributed by atoms with Crippen LogP contribution in [0, 0.1) is 18.6 Å². The number of ether oxygens (including phenoxy) is 1. The van der Waals surface area contributed by atoms with E-state index in [9.17, 15) is 18.4 Å². The zero-order valence-corrected chi connectivity index (χ0v) is 14.7. The van der Waals surface area contributed by atoms with Crippen LogP contribution in [0.5, 0.6) is 0 Å². The van der Waals surface area contributed by atoms with Gasteiger partial charge in [0.2, 0.25) is 0 Å². The zero-order chi connectivity index (χ0) is 18.8. The van der Waals surface area contributed by atoms with Gasteiger partial charge in [0, 0.05) is 22.7 Å². The molecule has 3 rings (SSSR count). The second kappa shape index (κ2) is 7.13. The minimum Gasteiger partial charge on any atom is -0.465 e. The number of benzene rings is 1. The fourth-order valence-electron chi connectivity index (χ4n) is 2.43. The summed E-state index contributed by atoms with van der Waals surface area (Å²) in [5, 5.41) is 0.673. The predicted molar refractivity (Wildman–Crippen MR) is 95.4 cm³/mol. The Morgan fingerprint density at radius 2 is 2.04 bits per heavy atom. The molecule has 4 nitrogen and oxygen atoms in total. The Bertz CT molecular complexity index is 1060. The molecule has 0 saturated heterocycles. The molecule has 0 radical (unpaired) electrons. The lowest BCUT2D eigenvalue weighted by molar-refractivity contribution is 0.0605. The lowest BCUT2D eigenvalue weighted by atomic mass is 10.1. The smallest absolute Gasteiger partial charge is 0.348 e. The van der Waals surface area contributed by atoms with Crippen LogP contribution in [0.3, 0.4) is 0 Å². The van der Waals surface area contributed by atoms with Gasteiger partial charge in [-0.3, -0.25) is 4.79 Å². The molecule has 0 aliphatic rings. The summed E-state index contributed by atoms with van der Waals surface area (Å²) in [6.07, 6.45) is 3.75. The van der Waals surface area contributed by atoms with Gasteiger partial charge in [-0.2, -0.15) is 0 Å². The van der Waals surface area contributed by atoms with Crippen molar-refractivity contribution in [3.8, 4) is 0 Å². The number of hydrogen-bond donors (Lipinski definition) is 0. The van der Waals surface area contributed by atoms with Crippen molar-refractivity contribution in [2.75, 3.05) is 7.11 Å². The molecule has 0 fully saturated rings. The number of methoxy groups -OCH3 is 1. The van der Waals surface area contributed by atoms with Gasteiger partial charge in [0.1, 0.15) is 9.71 Å². The van der Waals surface area contributed by atoms with Crippen molar-refractivity contribution in [1.82, 2.24) is 4.98 Å². The molecule has 2 heterocycles. The number of halogens is 2. The minimum absolute atomic E-state index is 0.0212. The number of nitrogens with zero attached hydrogens (tertiary/aromatic N) is 1. The average molecular weight is 373 g/mol. The number of fused-ring (bicyclic) bond motifs is 1. The molecule has 0 N–H and O–H groups in total. The van der Waals surface area contributed by atoms with Crippen LogP contribution in [0.2, 0.25) is 0 Å². The van der Waals surface area contributed by atoms with E-state index in [4.69, 9.17) is 4.74 Å². The highest BCUT2D eigenvalue weighted by atomic mass is 32.1. The molecule has 132 valence electrons. The maximum atomic E-state index is 13.6. The third kappa shape index (κ3) is 3.25. The van der Waals surface area contributed by atoms with Gasteiger partial charge >= 0.3 is 5.97 Å². The summed E-state index contributed by atoms with van der Waals surface area (Å²) in [4.78, 5) is 29.3. The van der Waals surface area contributed by atoms with E-state index in [0.717, 1.165) is 12.1 Å². The molecule has 26 heavy (non-hydrogen) atoms. The molecule has 2 aromatic heterocycles. The Kier molecular flexibility index (Phi) is 4.90. The van der Waals surface area contributed by atoms with Crippen molar-refractivity contribution in [2.24, 2.45) is 0 Å². The number of ketones is 1. The maximum absolute atomic E-state index is 13.6. The molecule has 0 aliphatic carbocycles. The molecule has 0 unspecified atom stereocenters. The molecule has 0 atom stereocenters. The normalized spacial score (nSPS) is 11.2. The van der Waals surface area contributed by atoms with Crippen LogP contribution in [0.4, 0.5) is 8.78 Å². The first-order chi connectivity index (χ1) is 12.4. The van der Waals surface area contributed by atoms with Gasteiger partial charge in [-0.05, 0) is 36.8 Å². The molecule has 1 aromatic carbocycles. The summed E-state index contributed by atoms with van der Waals surface area (Å²) in [6, 6.07) is 5.36. The third-order valence-electron chi connectivity index (χ3n) is 3.85. The van der Waals surface area contributed by atoms with Crippen molar-refractivity contribution in [3.05, 3.63) is 69.7 Å². The SMILES string of the molecule is COC(=O)c1sc2ncc(C(=O)/C=C/c3cccc(F)c3F)cc2c1C. The quantitative estimate of drug-likeness (QED) is 0.382. The van der Waals surface area contributed by atoms with Crippen molar-refractivity contribution in [1.29, 1.82) is 0 Å². The first-order valence-electron chi connectivity index (χ1n) is 7.56. The van der Waals surface area contributed by atoms with Gasteiger partial charge in [-0.15, -0.1) is 11.3 Å². The highest BCUT2D eigenvalue weighted by Gasteiger charge is 2.17. The second-order valence-electron chi connectivity index (χ2n) is 5.47. The van der Waals surface area contributed by atoms with E-state index in [2.05, 4.69) is 4.98 Å². The monoisotopic (exact) mass is 373 g/mol. The number of carbonyl (C=O) groups excluding carboxylic acids is 2. The van der Waals surface area contributed by atoms with Crippen molar-refractivity contribution >= 4 is 39.4 Å². The fraction of sp³-hybridized carbons (Fsp3) is 0.105. The van der Waals surface area contributed by atoms with Gasteiger partial charge in [-0.1, -0.05) is 12.1 Å². The second-order valence-corrected chi connectivity index (χ2v) is 6.46. The summed E-state index contributed by atoms with van der Waals surface area (Å²) in [6.45, 7) is 1.75. The number of pyridine rings is 1. The van der Waals surface area contributed by atoms with Crippen molar-refractivity contribution in [2.45, 2.75) is 6.92 Å². The summed E-state index contributed by atoms with van der Waals surface area (Å²) in [5.74, 6) is -2.86. The first-order valence-corrected chi connectivity index (χ1v) is 8.38. The van der Waals surface area contributed by atoms with Crippen LogP contribution in [0.25, 0.3) is 16.3 Å². The molecular formula is C19H13F2NO3S. The number of carbonyl (C=O) groups is 2. The maximum Gasteiger partial charge on any atom is 0.348 e. The van der Waals surface area contributed by atoms with Crippen LogP contribution >= 0.6 is 11.3 Å². The average Bonchev–Trinajstić information content (AvgIpc) is 2.98. The van der Waals surface area contributed by atoms with E-state index in [-0.39, 0.29) is 11.1 Å². The number of hydrogen-bond acceptors (Lipinski definition) is 5. The fourth-order valence-corrected chi connectivity index (χ4v) is 3.48. The van der Waals surface area contributed by atoms with E-state index >= 15 is 0 Å². The number of thiophene rings is 1. The van der Waals surface area contributed by atoms with E-state index in [1.165, 1.54) is 42.9 Å². The number of rotatable bonds is 4. The molecule has 3 aromatic rings. The summed E-state index contributed by atoms with van der Waals surface area (Å²) >= 11 is 1.18. The van der Waals surface area contributed by atoms with Crippen molar-refractivity contribution < 1.29 is 23.1 Å². The third-order valence-corrected chi connectivity index (χ3v) is 5.04. The molecule has 0 spiro atoms. The number of aryl methyl sites for hydroxylation is 1. The molecule has 0 amide bonds. The standard InChI is InChI=1S/C19H13F2NO3S/c1-10-13-8-12(9-22-18(13)26-17(10)19(24)25-2)15(23)7-6-11-4-3-5-14(20)16(11)21/h3-9H,1-2H3/b7-6+. The number of aromatic nitrogens is 1. The van der Waals surface area contributed by atoms with Crippen LogP contribution < -0.4 is 0 Å². The van der Waals surface area contributed by atoms with E-state index in [0.29, 0.717) is 20.7 Å². The Labute approximate surface area is 151 Å². The van der Waals surface area contributed by atoms with Crippen LogP contribution in [-0.2, 0) is 4.74 Å². The lowest BCUT2D eigenvalue weighted by Gasteiger charge is -1.99. The summed E-state index contributed by atoms with van der Waals surface area (Å²) in [7, 11) is 1.30. The Morgan fingerprint density at radius 3 is 2.77 bits per heavy atom. The minimum atomic E-state index is -1.01. The topological polar surface area (TPSA) is 56.3 Å². The highest BCUT2D eigenvalue weighted by Crippen LogP contribution is 2.30. The van der Waals surface area contributed by atoms with Crippen molar-refractivity contribution in [3.63, 3.8) is 0 Å². The molecule has 7 heteroatoms. The first kappa shape index (κ1) is 17.9. The summed E-state index contributed by atoms with van der Waals surface area (Å²) in [5.41, 5.74) is 0.939. The Morgan fingerprint density at radius 1 is 1.27 bits per heavy atom. The zero-order valence-electron chi connectivity index (χ0n) is 13.9. The molecule has 0 bridgehead atoms. The van der Waals surface area contributed by atoms with Gasteiger partial charge in [0.05, 0.1) is 7.11 Å². The van der Waals surface area contributed by atoms with Gasteiger partial charge in [0.25, 0.3) is 0 Å². The predicted octanol–water partition coefficient (Wildman–Crippen LogP) is 4.57. The molecular weight excluding hydrogens is 360 g/mol. The largest absolute Gasteiger partial charge is 0.465 e. The van der Waals surface area contributed by atoms with Crippen LogP contribution in [0.15, 0.2) is 36.5 Å². The summed E-state index contributed by atoms with van der Waals surface area (Å²) < 4.78 is 31.6. The Hall–Kier alpha value is -2.93. The number of esters is 1.